The first kappa shape index (κ1) is 17.4. The lowest BCUT2D eigenvalue weighted by molar-refractivity contribution is -0.914. The molecule has 0 amide bonds. The molecule has 114 valence electrons. The van der Waals surface area contributed by atoms with Crippen LogP contribution in [-0.4, -0.2) is 36.9 Å². The zero-order valence-corrected chi connectivity index (χ0v) is 14.1. The molecule has 0 radical (unpaired) electrons. The Bertz CT molecular complexity index is 199. The summed E-state index contributed by atoms with van der Waals surface area (Å²) < 4.78 is 1.36. The number of hydrogen-bond donors (Lipinski definition) is 1. The number of likely N-dealkylation sites (tertiary alicyclic amines) is 1. The first-order valence-electron chi connectivity index (χ1n) is 8.71. The number of unbranched alkanes of at least 4 members (excludes halogenated alkanes) is 8. The van der Waals surface area contributed by atoms with Crippen LogP contribution in [0.1, 0.15) is 77.0 Å². The molecule has 1 rings (SSSR count). The summed E-state index contributed by atoms with van der Waals surface area (Å²) in [5.74, 6) is 1.07. The molecule has 0 aromatic heterocycles. The lowest BCUT2D eigenvalue weighted by atomic mass is 10.1. The molecule has 1 aliphatic rings. The van der Waals surface area contributed by atoms with Crippen LogP contribution in [0, 0.1) is 0 Å². The minimum Gasteiger partial charge on any atom is -0.326 e. The molecule has 1 nitrogen and oxygen atoms in total. The maximum atomic E-state index is 4.25. The van der Waals surface area contributed by atoms with Crippen molar-refractivity contribution in [1.82, 2.24) is 0 Å². The molecule has 0 spiro atoms. The van der Waals surface area contributed by atoms with Gasteiger partial charge in [-0.1, -0.05) is 38.5 Å². The van der Waals surface area contributed by atoms with E-state index in [-0.39, 0.29) is 0 Å². The lowest BCUT2D eigenvalue weighted by Gasteiger charge is -2.37. The minimum absolute atomic E-state index is 1.07. The quantitative estimate of drug-likeness (QED) is 0.306. The number of rotatable bonds is 11. The summed E-state index contributed by atoms with van der Waals surface area (Å²) in [5, 5.41) is 0. The topological polar surface area (TPSA) is 0 Å². The highest BCUT2D eigenvalue weighted by Gasteiger charge is 2.23. The molecule has 0 bridgehead atoms. The average Bonchev–Trinajstić information content (AvgIpc) is 2.42. The van der Waals surface area contributed by atoms with Gasteiger partial charge in [0.1, 0.15) is 0 Å². The third kappa shape index (κ3) is 8.96. The van der Waals surface area contributed by atoms with Gasteiger partial charge in [-0.15, -0.1) is 0 Å². The van der Waals surface area contributed by atoms with Gasteiger partial charge in [0.2, 0.25) is 0 Å². The molecule has 0 aliphatic carbocycles. The zero-order chi connectivity index (χ0) is 13.8. The van der Waals surface area contributed by atoms with Gasteiger partial charge in [0, 0.05) is 0 Å². The van der Waals surface area contributed by atoms with E-state index in [1.54, 1.807) is 0 Å². The van der Waals surface area contributed by atoms with Gasteiger partial charge in [0.25, 0.3) is 0 Å². The smallest absolute Gasteiger partial charge is 0.0784 e. The van der Waals surface area contributed by atoms with E-state index in [9.17, 15) is 0 Å². The molecule has 0 saturated carbocycles. The molecule has 1 aliphatic heterocycles. The monoisotopic (exact) mass is 286 g/mol. The van der Waals surface area contributed by atoms with E-state index in [1.165, 1.54) is 101 Å². The number of quaternary nitrogens is 1. The van der Waals surface area contributed by atoms with Crippen LogP contribution in [0.5, 0.6) is 0 Å². The summed E-state index contributed by atoms with van der Waals surface area (Å²) in [6.45, 7) is 4.30. The molecule has 0 unspecified atom stereocenters. The van der Waals surface area contributed by atoms with Crippen molar-refractivity contribution in [3.05, 3.63) is 0 Å². The number of piperidine rings is 1. The van der Waals surface area contributed by atoms with E-state index in [2.05, 4.69) is 19.7 Å². The first-order chi connectivity index (χ1) is 9.27. The van der Waals surface area contributed by atoms with Crippen LogP contribution in [0.15, 0.2) is 0 Å². The molecular weight excluding hydrogens is 250 g/mol. The number of thiol groups is 1. The second-order valence-corrected chi connectivity index (χ2v) is 7.20. The summed E-state index contributed by atoms with van der Waals surface area (Å²) in [4.78, 5) is 0. The Morgan fingerprint density at radius 3 is 1.68 bits per heavy atom. The zero-order valence-electron chi connectivity index (χ0n) is 13.2. The fourth-order valence-electron chi connectivity index (χ4n) is 3.34. The normalized spacial score (nSPS) is 18.6. The molecule has 1 saturated heterocycles. The van der Waals surface area contributed by atoms with Crippen LogP contribution in [0.25, 0.3) is 0 Å². The maximum absolute atomic E-state index is 4.25. The van der Waals surface area contributed by atoms with Gasteiger partial charge >= 0.3 is 0 Å². The van der Waals surface area contributed by atoms with Gasteiger partial charge < -0.3 is 4.48 Å². The fraction of sp³-hybridized carbons (Fsp3) is 1.00. The Morgan fingerprint density at radius 2 is 1.16 bits per heavy atom. The van der Waals surface area contributed by atoms with Gasteiger partial charge in [-0.25, -0.2) is 0 Å². The predicted molar refractivity (Wildman–Crippen MR) is 90.0 cm³/mol. The molecule has 0 N–H and O–H groups in total. The van der Waals surface area contributed by atoms with E-state index < -0.39 is 0 Å². The van der Waals surface area contributed by atoms with Crippen LogP contribution in [0.4, 0.5) is 0 Å². The SMILES string of the molecule is C[N+]1(CCCCCCCCCCCS)CCCCC1. The Hall–Kier alpha value is 0.310. The summed E-state index contributed by atoms with van der Waals surface area (Å²) in [6, 6.07) is 0. The van der Waals surface area contributed by atoms with Crippen LogP contribution < -0.4 is 0 Å². The van der Waals surface area contributed by atoms with E-state index in [4.69, 9.17) is 0 Å². The second-order valence-electron chi connectivity index (χ2n) is 6.76. The minimum atomic E-state index is 1.07. The average molecular weight is 287 g/mol. The van der Waals surface area contributed by atoms with Crippen molar-refractivity contribution in [2.24, 2.45) is 0 Å². The van der Waals surface area contributed by atoms with Gasteiger partial charge in [0.05, 0.1) is 26.7 Å². The highest BCUT2D eigenvalue weighted by molar-refractivity contribution is 7.80. The van der Waals surface area contributed by atoms with Gasteiger partial charge in [-0.3, -0.25) is 0 Å². The highest BCUT2D eigenvalue weighted by Crippen LogP contribution is 2.18. The Kier molecular flexibility index (Phi) is 10.1. The molecule has 0 aromatic carbocycles. The van der Waals surface area contributed by atoms with Gasteiger partial charge in [-0.2, -0.15) is 12.6 Å². The van der Waals surface area contributed by atoms with Crippen LogP contribution in [0.3, 0.4) is 0 Å². The van der Waals surface area contributed by atoms with Crippen molar-refractivity contribution in [3.63, 3.8) is 0 Å². The van der Waals surface area contributed by atoms with Crippen LogP contribution >= 0.6 is 12.6 Å². The lowest BCUT2D eigenvalue weighted by Crippen LogP contribution is -2.48. The van der Waals surface area contributed by atoms with Gasteiger partial charge in [0.15, 0.2) is 0 Å². The standard InChI is InChI=1S/C17H35NS/c1-18(15-11-9-12-16-18)14-10-7-5-3-2-4-6-8-13-17-19/h2-17H2,1H3/p+1. The Labute approximate surface area is 127 Å². The first-order valence-corrected chi connectivity index (χ1v) is 9.34. The van der Waals surface area contributed by atoms with Crippen molar-refractivity contribution in [2.75, 3.05) is 32.4 Å². The Balaban J connectivity index is 1.83. The molecule has 1 fully saturated rings. The molecule has 0 aromatic rings. The molecule has 0 atom stereocenters. The van der Waals surface area contributed by atoms with E-state index >= 15 is 0 Å². The largest absolute Gasteiger partial charge is 0.326 e. The third-order valence-electron chi connectivity index (χ3n) is 4.75. The van der Waals surface area contributed by atoms with Crippen molar-refractivity contribution < 1.29 is 4.48 Å². The Morgan fingerprint density at radius 1 is 0.684 bits per heavy atom. The van der Waals surface area contributed by atoms with Crippen LogP contribution in [-0.2, 0) is 0 Å². The maximum Gasteiger partial charge on any atom is 0.0784 e. The molecule has 19 heavy (non-hydrogen) atoms. The van der Waals surface area contributed by atoms with Crippen molar-refractivity contribution in [1.29, 1.82) is 0 Å². The van der Waals surface area contributed by atoms with Crippen LogP contribution in [0.2, 0.25) is 0 Å². The molecule has 2 heteroatoms. The highest BCUT2D eigenvalue weighted by atomic mass is 32.1. The van der Waals surface area contributed by atoms with Crippen molar-refractivity contribution in [3.8, 4) is 0 Å². The molecular formula is C17H36NS+. The fourth-order valence-corrected chi connectivity index (χ4v) is 3.57. The van der Waals surface area contributed by atoms with Gasteiger partial charge in [-0.05, 0) is 44.3 Å². The molecule has 1 heterocycles. The summed E-state index contributed by atoms with van der Waals surface area (Å²) in [7, 11) is 2.47. The number of nitrogens with zero attached hydrogens (tertiary/aromatic N) is 1. The summed E-state index contributed by atoms with van der Waals surface area (Å²) in [5.41, 5.74) is 0. The van der Waals surface area contributed by atoms with Crippen molar-refractivity contribution >= 4 is 12.6 Å². The van der Waals surface area contributed by atoms with E-state index in [0.717, 1.165) is 5.75 Å². The summed E-state index contributed by atoms with van der Waals surface area (Å²) in [6.07, 6.45) is 17.3. The van der Waals surface area contributed by atoms with Crippen molar-refractivity contribution in [2.45, 2.75) is 77.0 Å². The summed E-state index contributed by atoms with van der Waals surface area (Å²) >= 11 is 4.25. The second kappa shape index (κ2) is 11.0. The predicted octanol–water partition coefficient (Wildman–Crippen LogP) is 5.06. The van der Waals surface area contributed by atoms with E-state index in [1.807, 2.05) is 0 Å². The third-order valence-corrected chi connectivity index (χ3v) is 5.07. The number of hydrogen-bond acceptors (Lipinski definition) is 1. The van der Waals surface area contributed by atoms with E-state index in [0.29, 0.717) is 0 Å².